The van der Waals surface area contributed by atoms with Crippen molar-refractivity contribution < 1.29 is 14.6 Å². The van der Waals surface area contributed by atoms with Gasteiger partial charge in [-0.3, -0.25) is 0 Å². The molecule has 0 aromatic heterocycles. The van der Waals surface area contributed by atoms with Crippen LogP contribution < -0.4 is 0 Å². The highest BCUT2D eigenvalue weighted by Gasteiger charge is 2.08. The highest BCUT2D eigenvalue weighted by molar-refractivity contribution is 4.81. The number of hydrogen-bond donors (Lipinski definition) is 1. The summed E-state index contributed by atoms with van der Waals surface area (Å²) in [7, 11) is 0. The van der Waals surface area contributed by atoms with E-state index in [9.17, 15) is 0 Å². The molecule has 0 fully saturated rings. The van der Waals surface area contributed by atoms with Crippen molar-refractivity contribution in [1.29, 1.82) is 0 Å². The topological polar surface area (TPSA) is 38.7 Å². The number of unbranched alkanes of at least 4 members (excludes halogenated alkanes) is 12. The lowest BCUT2D eigenvalue weighted by atomic mass is 10.1. The van der Waals surface area contributed by atoms with Crippen LogP contribution in [0.2, 0.25) is 0 Å². The lowest BCUT2D eigenvalue weighted by Crippen LogP contribution is -2.18. The molecule has 0 aliphatic heterocycles. The minimum atomic E-state index is -0.0704. The van der Waals surface area contributed by atoms with E-state index >= 15 is 0 Å². The number of ether oxygens (including phenoxy) is 2. The second-order valence-corrected chi connectivity index (χ2v) is 7.97. The van der Waals surface area contributed by atoms with Gasteiger partial charge in [-0.2, -0.15) is 0 Å². The average molecular weight is 399 g/mol. The Morgan fingerprint density at radius 3 is 1.50 bits per heavy atom. The predicted molar refractivity (Wildman–Crippen MR) is 122 cm³/mol. The maximum absolute atomic E-state index is 8.84. The Kier molecular flexibility index (Phi) is 24.3. The van der Waals surface area contributed by atoms with E-state index in [2.05, 4.69) is 19.9 Å². The summed E-state index contributed by atoms with van der Waals surface area (Å²) in [6.45, 7) is 6.38. The zero-order valence-corrected chi connectivity index (χ0v) is 19.1. The Bertz CT molecular complexity index is 284. The molecule has 0 amide bonds. The highest BCUT2D eigenvalue weighted by Crippen LogP contribution is 2.12. The van der Waals surface area contributed by atoms with Crippen LogP contribution in [-0.2, 0) is 9.47 Å². The zero-order chi connectivity index (χ0) is 20.5. The fourth-order valence-electron chi connectivity index (χ4n) is 3.31. The van der Waals surface area contributed by atoms with Gasteiger partial charge in [-0.05, 0) is 25.7 Å². The SMILES string of the molecule is CCCCCCCCCOC(CC/C=C\CCO)OCCCCCCCCC. The molecule has 0 atom stereocenters. The van der Waals surface area contributed by atoms with Crippen LogP contribution in [0, 0.1) is 0 Å². The lowest BCUT2D eigenvalue weighted by Gasteiger charge is -2.18. The summed E-state index contributed by atoms with van der Waals surface area (Å²) in [5.74, 6) is 0. The van der Waals surface area contributed by atoms with Crippen molar-refractivity contribution in [3.8, 4) is 0 Å². The molecule has 0 unspecified atom stereocenters. The van der Waals surface area contributed by atoms with Crippen molar-refractivity contribution in [2.75, 3.05) is 19.8 Å². The third-order valence-electron chi connectivity index (χ3n) is 5.13. The summed E-state index contributed by atoms with van der Waals surface area (Å²) in [5, 5.41) is 8.84. The molecule has 0 radical (unpaired) electrons. The molecule has 0 aliphatic rings. The Morgan fingerprint density at radius 2 is 1.04 bits per heavy atom. The maximum atomic E-state index is 8.84. The van der Waals surface area contributed by atoms with Crippen LogP contribution in [0.25, 0.3) is 0 Å². The van der Waals surface area contributed by atoms with Gasteiger partial charge in [0.15, 0.2) is 6.29 Å². The maximum Gasteiger partial charge on any atom is 0.157 e. The lowest BCUT2D eigenvalue weighted by molar-refractivity contribution is -0.146. The van der Waals surface area contributed by atoms with Gasteiger partial charge >= 0.3 is 0 Å². The molecule has 3 nitrogen and oxygen atoms in total. The molecule has 0 saturated heterocycles. The van der Waals surface area contributed by atoms with Gasteiger partial charge in [0.05, 0.1) is 0 Å². The molecule has 28 heavy (non-hydrogen) atoms. The molecular weight excluding hydrogens is 348 g/mol. The molecule has 3 heteroatoms. The number of allylic oxidation sites excluding steroid dienone is 1. The quantitative estimate of drug-likeness (QED) is 0.110. The largest absolute Gasteiger partial charge is 0.396 e. The fraction of sp³-hybridized carbons (Fsp3) is 0.920. The van der Waals surface area contributed by atoms with Crippen molar-refractivity contribution in [2.45, 2.75) is 129 Å². The van der Waals surface area contributed by atoms with E-state index in [0.29, 0.717) is 0 Å². The number of aliphatic hydroxyl groups is 1. The molecule has 0 bridgehead atoms. The normalized spacial score (nSPS) is 11.9. The van der Waals surface area contributed by atoms with E-state index in [-0.39, 0.29) is 12.9 Å². The predicted octanol–water partition coefficient (Wildman–Crippen LogP) is 7.57. The van der Waals surface area contributed by atoms with E-state index in [1.807, 2.05) is 6.08 Å². The summed E-state index contributed by atoms with van der Waals surface area (Å²) >= 11 is 0. The van der Waals surface area contributed by atoms with Crippen LogP contribution in [0.15, 0.2) is 12.2 Å². The number of aliphatic hydroxyl groups excluding tert-OH is 1. The standard InChI is InChI=1S/C25H50O3/c1-3-5-7-9-11-15-19-23-27-25(21-17-13-14-18-22-26)28-24-20-16-12-10-8-6-4-2/h13-14,25-26H,3-12,15-24H2,1-2H3/b14-13-. The molecule has 0 rings (SSSR count). The molecule has 0 aliphatic carbocycles. The Balaban J connectivity index is 3.81. The first-order valence-corrected chi connectivity index (χ1v) is 12.3. The molecule has 0 aromatic rings. The van der Waals surface area contributed by atoms with E-state index in [0.717, 1.165) is 45.3 Å². The van der Waals surface area contributed by atoms with E-state index in [1.165, 1.54) is 77.0 Å². The summed E-state index contributed by atoms with van der Waals surface area (Å²) in [5.41, 5.74) is 0. The van der Waals surface area contributed by atoms with Gasteiger partial charge in [0.2, 0.25) is 0 Å². The Hall–Kier alpha value is -0.380. The van der Waals surface area contributed by atoms with Crippen molar-refractivity contribution >= 4 is 0 Å². The first-order valence-electron chi connectivity index (χ1n) is 12.3. The van der Waals surface area contributed by atoms with Crippen molar-refractivity contribution in [2.24, 2.45) is 0 Å². The first kappa shape index (κ1) is 27.6. The van der Waals surface area contributed by atoms with Gasteiger partial charge in [-0.25, -0.2) is 0 Å². The third kappa shape index (κ3) is 21.9. The van der Waals surface area contributed by atoms with E-state index in [4.69, 9.17) is 14.6 Å². The minimum absolute atomic E-state index is 0.0704. The monoisotopic (exact) mass is 398 g/mol. The average Bonchev–Trinajstić information content (AvgIpc) is 2.71. The summed E-state index contributed by atoms with van der Waals surface area (Å²) in [4.78, 5) is 0. The van der Waals surface area contributed by atoms with Gasteiger partial charge in [0.1, 0.15) is 0 Å². The second kappa shape index (κ2) is 24.7. The summed E-state index contributed by atoms with van der Waals surface area (Å²) < 4.78 is 12.1. The van der Waals surface area contributed by atoms with Crippen molar-refractivity contribution in [3.05, 3.63) is 12.2 Å². The molecule has 0 heterocycles. The van der Waals surface area contributed by atoms with Crippen LogP contribution in [0.4, 0.5) is 0 Å². The fourth-order valence-corrected chi connectivity index (χ4v) is 3.31. The van der Waals surface area contributed by atoms with Gasteiger partial charge in [-0.15, -0.1) is 0 Å². The Morgan fingerprint density at radius 1 is 0.607 bits per heavy atom. The molecule has 0 saturated carbocycles. The van der Waals surface area contributed by atoms with Crippen LogP contribution >= 0.6 is 0 Å². The number of hydrogen-bond acceptors (Lipinski definition) is 3. The van der Waals surface area contributed by atoms with Crippen molar-refractivity contribution in [1.82, 2.24) is 0 Å². The van der Waals surface area contributed by atoms with Crippen LogP contribution in [0.1, 0.15) is 123 Å². The first-order chi connectivity index (χ1) is 13.8. The number of rotatable bonds is 23. The molecule has 0 spiro atoms. The van der Waals surface area contributed by atoms with Crippen molar-refractivity contribution in [3.63, 3.8) is 0 Å². The summed E-state index contributed by atoms with van der Waals surface area (Å²) in [6.07, 6.45) is 25.0. The minimum Gasteiger partial charge on any atom is -0.396 e. The molecule has 1 N–H and O–H groups in total. The highest BCUT2D eigenvalue weighted by atomic mass is 16.7. The summed E-state index contributed by atoms with van der Waals surface area (Å²) in [6, 6.07) is 0. The van der Waals surface area contributed by atoms with Gasteiger partial charge in [-0.1, -0.05) is 103 Å². The van der Waals surface area contributed by atoms with Crippen LogP contribution in [0.5, 0.6) is 0 Å². The van der Waals surface area contributed by atoms with Gasteiger partial charge < -0.3 is 14.6 Å². The van der Waals surface area contributed by atoms with Gasteiger partial charge in [0.25, 0.3) is 0 Å². The molecule has 0 aromatic carbocycles. The zero-order valence-electron chi connectivity index (χ0n) is 19.1. The second-order valence-electron chi connectivity index (χ2n) is 7.97. The Labute approximate surface area is 176 Å². The van der Waals surface area contributed by atoms with Gasteiger partial charge in [0, 0.05) is 26.2 Å². The smallest absolute Gasteiger partial charge is 0.157 e. The van der Waals surface area contributed by atoms with E-state index in [1.54, 1.807) is 0 Å². The molecular formula is C25H50O3. The van der Waals surface area contributed by atoms with Crippen LogP contribution in [0.3, 0.4) is 0 Å². The molecule has 168 valence electrons. The third-order valence-corrected chi connectivity index (χ3v) is 5.13. The van der Waals surface area contributed by atoms with E-state index < -0.39 is 0 Å². The van der Waals surface area contributed by atoms with Crippen LogP contribution in [-0.4, -0.2) is 31.2 Å².